The molecule has 0 aromatic carbocycles. The average Bonchev–Trinajstić information content (AvgIpc) is 2.33. The molecule has 0 spiro atoms. The Morgan fingerprint density at radius 1 is 1.62 bits per heavy atom. The first-order valence-corrected chi connectivity index (χ1v) is 4.25. The summed E-state index contributed by atoms with van der Waals surface area (Å²) >= 11 is 0. The Hall–Kier alpha value is -0.940. The minimum absolute atomic E-state index is 0.533. The molecule has 0 aliphatic rings. The maximum atomic E-state index is 9.39. The Balaban J connectivity index is 2.28. The lowest BCUT2D eigenvalue weighted by atomic mass is 10.1. The van der Waals surface area contributed by atoms with E-state index in [0.717, 1.165) is 5.82 Å². The van der Waals surface area contributed by atoms with Gasteiger partial charge in [-0.25, -0.2) is 4.98 Å². The molecule has 0 saturated heterocycles. The van der Waals surface area contributed by atoms with Gasteiger partial charge in [0.1, 0.15) is 6.33 Å². The van der Waals surface area contributed by atoms with Crippen LogP contribution in [0.25, 0.3) is 0 Å². The minimum atomic E-state index is -0.686. The molecule has 13 heavy (non-hydrogen) atoms. The maximum absolute atomic E-state index is 9.39. The Morgan fingerprint density at radius 3 is 2.77 bits per heavy atom. The maximum Gasteiger partial charge on any atom is 0.164 e. The van der Waals surface area contributed by atoms with Crippen LogP contribution in [-0.2, 0) is 13.6 Å². The lowest BCUT2D eigenvalue weighted by Crippen LogP contribution is -2.34. The van der Waals surface area contributed by atoms with Gasteiger partial charge in [-0.05, 0) is 13.8 Å². The molecule has 1 heterocycles. The second kappa shape index (κ2) is 3.85. The summed E-state index contributed by atoms with van der Waals surface area (Å²) in [6, 6.07) is 0. The van der Waals surface area contributed by atoms with Gasteiger partial charge in [-0.3, -0.25) is 4.68 Å². The first-order chi connectivity index (χ1) is 5.97. The van der Waals surface area contributed by atoms with Crippen LogP contribution in [0, 0.1) is 0 Å². The molecule has 0 bridgehead atoms. The van der Waals surface area contributed by atoms with Gasteiger partial charge in [0.15, 0.2) is 5.82 Å². The highest BCUT2D eigenvalue weighted by Crippen LogP contribution is 1.97. The molecule has 74 valence electrons. The van der Waals surface area contributed by atoms with Crippen molar-refractivity contribution in [3.8, 4) is 0 Å². The number of hydrogen-bond acceptors (Lipinski definition) is 4. The van der Waals surface area contributed by atoms with E-state index in [9.17, 15) is 5.11 Å². The SMILES string of the molecule is Cn1cnc(CNCC(C)(C)O)n1. The number of nitrogens with zero attached hydrogens (tertiary/aromatic N) is 3. The predicted octanol–water partition coefficient (Wildman–Crippen LogP) is -0.324. The van der Waals surface area contributed by atoms with Crippen molar-refractivity contribution in [2.24, 2.45) is 7.05 Å². The van der Waals surface area contributed by atoms with E-state index in [1.807, 2.05) is 7.05 Å². The predicted molar refractivity (Wildman–Crippen MR) is 49.0 cm³/mol. The van der Waals surface area contributed by atoms with E-state index in [1.165, 1.54) is 0 Å². The summed E-state index contributed by atoms with van der Waals surface area (Å²) in [4.78, 5) is 4.04. The minimum Gasteiger partial charge on any atom is -0.389 e. The molecule has 5 heteroatoms. The largest absolute Gasteiger partial charge is 0.389 e. The zero-order valence-electron chi connectivity index (χ0n) is 8.28. The van der Waals surface area contributed by atoms with Gasteiger partial charge in [-0.1, -0.05) is 0 Å². The highest BCUT2D eigenvalue weighted by Gasteiger charge is 2.11. The summed E-state index contributed by atoms with van der Waals surface area (Å²) in [5, 5.41) is 16.6. The van der Waals surface area contributed by atoms with Gasteiger partial charge in [-0.15, -0.1) is 0 Å². The molecular weight excluding hydrogens is 168 g/mol. The number of aromatic nitrogens is 3. The Labute approximate surface area is 77.8 Å². The summed E-state index contributed by atoms with van der Waals surface area (Å²) in [7, 11) is 1.83. The van der Waals surface area contributed by atoms with Crippen LogP contribution in [0.4, 0.5) is 0 Å². The molecule has 1 rings (SSSR count). The second-order valence-electron chi connectivity index (χ2n) is 3.75. The van der Waals surface area contributed by atoms with Gasteiger partial charge in [0.25, 0.3) is 0 Å². The summed E-state index contributed by atoms with van der Waals surface area (Å²) in [6.45, 7) is 4.63. The summed E-state index contributed by atoms with van der Waals surface area (Å²) in [5.41, 5.74) is -0.686. The van der Waals surface area contributed by atoms with Crippen LogP contribution in [0.2, 0.25) is 0 Å². The molecule has 0 aliphatic carbocycles. The third-order valence-electron chi connectivity index (χ3n) is 1.49. The Kier molecular flexibility index (Phi) is 3.00. The van der Waals surface area contributed by atoms with Crippen molar-refractivity contribution in [1.29, 1.82) is 0 Å². The van der Waals surface area contributed by atoms with Crippen molar-refractivity contribution in [3.05, 3.63) is 12.2 Å². The van der Waals surface area contributed by atoms with Crippen LogP contribution >= 0.6 is 0 Å². The number of rotatable bonds is 4. The highest BCUT2D eigenvalue weighted by molar-refractivity contribution is 4.81. The first-order valence-electron chi connectivity index (χ1n) is 4.25. The van der Waals surface area contributed by atoms with Crippen molar-refractivity contribution in [3.63, 3.8) is 0 Å². The average molecular weight is 184 g/mol. The van der Waals surface area contributed by atoms with Gasteiger partial charge in [-0.2, -0.15) is 5.10 Å². The molecule has 0 aliphatic heterocycles. The fourth-order valence-corrected chi connectivity index (χ4v) is 0.945. The molecule has 0 atom stereocenters. The van der Waals surface area contributed by atoms with Crippen molar-refractivity contribution in [2.75, 3.05) is 6.54 Å². The Bertz CT molecular complexity index is 263. The number of hydrogen-bond donors (Lipinski definition) is 2. The third-order valence-corrected chi connectivity index (χ3v) is 1.49. The van der Waals surface area contributed by atoms with Gasteiger partial charge >= 0.3 is 0 Å². The smallest absolute Gasteiger partial charge is 0.164 e. The zero-order chi connectivity index (χ0) is 9.90. The molecule has 1 aromatic heterocycles. The molecule has 0 unspecified atom stereocenters. The molecular formula is C8H16N4O. The van der Waals surface area contributed by atoms with Gasteiger partial charge in [0.2, 0.25) is 0 Å². The van der Waals surface area contributed by atoms with Gasteiger partial charge < -0.3 is 10.4 Å². The third kappa shape index (κ3) is 4.00. The normalized spacial score (nSPS) is 12.0. The first kappa shape index (κ1) is 10.1. The van der Waals surface area contributed by atoms with E-state index < -0.39 is 5.60 Å². The van der Waals surface area contributed by atoms with E-state index in [2.05, 4.69) is 15.4 Å². The fourth-order valence-electron chi connectivity index (χ4n) is 0.945. The summed E-state index contributed by atoms with van der Waals surface area (Å²) in [6.07, 6.45) is 1.65. The molecule has 0 amide bonds. The van der Waals surface area contributed by atoms with E-state index in [1.54, 1.807) is 24.9 Å². The summed E-state index contributed by atoms with van der Waals surface area (Å²) in [5.74, 6) is 0.742. The molecule has 0 fully saturated rings. The molecule has 0 radical (unpaired) electrons. The van der Waals surface area contributed by atoms with E-state index in [4.69, 9.17) is 0 Å². The fraction of sp³-hybridized carbons (Fsp3) is 0.750. The molecule has 0 saturated carbocycles. The topological polar surface area (TPSA) is 63.0 Å². The monoisotopic (exact) mass is 184 g/mol. The zero-order valence-corrected chi connectivity index (χ0v) is 8.28. The quantitative estimate of drug-likeness (QED) is 0.673. The van der Waals surface area contributed by atoms with Crippen LogP contribution in [0.15, 0.2) is 6.33 Å². The van der Waals surface area contributed by atoms with Gasteiger partial charge in [0.05, 0.1) is 12.1 Å². The van der Waals surface area contributed by atoms with Crippen LogP contribution in [0.5, 0.6) is 0 Å². The van der Waals surface area contributed by atoms with Crippen molar-refractivity contribution in [1.82, 2.24) is 20.1 Å². The van der Waals surface area contributed by atoms with Crippen molar-refractivity contribution < 1.29 is 5.11 Å². The summed E-state index contributed by atoms with van der Waals surface area (Å²) < 4.78 is 1.65. The van der Waals surface area contributed by atoms with E-state index >= 15 is 0 Å². The van der Waals surface area contributed by atoms with Crippen LogP contribution < -0.4 is 5.32 Å². The number of nitrogens with one attached hydrogen (secondary N) is 1. The van der Waals surface area contributed by atoms with Crippen LogP contribution in [0.3, 0.4) is 0 Å². The van der Waals surface area contributed by atoms with Crippen LogP contribution in [-0.4, -0.2) is 32.0 Å². The highest BCUT2D eigenvalue weighted by atomic mass is 16.3. The lowest BCUT2D eigenvalue weighted by molar-refractivity contribution is 0.0793. The standard InChI is InChI=1S/C8H16N4O/c1-8(2,13)5-9-4-7-10-6-12(3)11-7/h6,9,13H,4-5H2,1-3H3. The lowest BCUT2D eigenvalue weighted by Gasteiger charge is -2.16. The van der Waals surface area contributed by atoms with Crippen molar-refractivity contribution >= 4 is 0 Å². The van der Waals surface area contributed by atoms with Crippen molar-refractivity contribution in [2.45, 2.75) is 26.0 Å². The molecule has 1 aromatic rings. The number of aryl methyl sites for hydroxylation is 1. The van der Waals surface area contributed by atoms with Gasteiger partial charge in [0, 0.05) is 13.6 Å². The number of aliphatic hydroxyl groups is 1. The van der Waals surface area contributed by atoms with E-state index in [0.29, 0.717) is 13.1 Å². The van der Waals surface area contributed by atoms with Crippen LogP contribution in [0.1, 0.15) is 19.7 Å². The molecule has 5 nitrogen and oxygen atoms in total. The van der Waals surface area contributed by atoms with E-state index in [-0.39, 0.29) is 0 Å². The molecule has 2 N–H and O–H groups in total. The second-order valence-corrected chi connectivity index (χ2v) is 3.75. The Morgan fingerprint density at radius 2 is 2.31 bits per heavy atom.